The molecule has 0 heterocycles. The molecule has 0 saturated carbocycles. The van der Waals surface area contributed by atoms with Crippen molar-refractivity contribution < 1.29 is 9.00 Å². The Balaban J connectivity index is 2.04. The van der Waals surface area contributed by atoms with Crippen LogP contribution in [0.4, 0.5) is 11.4 Å². The third-order valence-corrected chi connectivity index (χ3v) is 4.40. The predicted molar refractivity (Wildman–Crippen MR) is 84.9 cm³/mol. The summed E-state index contributed by atoms with van der Waals surface area (Å²) in [5.41, 5.74) is 6.87. The average molecular weight is 353 g/mol. The normalized spacial score (nSPS) is 11.8. The van der Waals surface area contributed by atoms with Gasteiger partial charge in [-0.15, -0.1) is 0 Å². The van der Waals surface area contributed by atoms with Gasteiger partial charge in [0.15, 0.2) is 0 Å². The van der Waals surface area contributed by atoms with Crippen LogP contribution in [0.15, 0.2) is 57.9 Å². The summed E-state index contributed by atoms with van der Waals surface area (Å²) in [6.45, 7) is 0. The van der Waals surface area contributed by atoms with Crippen LogP contribution in [-0.2, 0) is 15.6 Å². The third kappa shape index (κ3) is 3.91. The molecule has 0 aliphatic rings. The van der Waals surface area contributed by atoms with Crippen molar-refractivity contribution in [2.45, 2.75) is 4.90 Å². The number of para-hydroxylation sites is 1. The maximum absolute atomic E-state index is 12.2. The number of amides is 1. The van der Waals surface area contributed by atoms with E-state index in [0.29, 0.717) is 16.3 Å². The van der Waals surface area contributed by atoms with E-state index in [2.05, 4.69) is 21.2 Å². The smallest absolute Gasteiger partial charge is 0.237 e. The van der Waals surface area contributed by atoms with Crippen LogP contribution in [0.5, 0.6) is 0 Å². The van der Waals surface area contributed by atoms with Crippen LogP contribution in [0, 0.1) is 0 Å². The highest BCUT2D eigenvalue weighted by Gasteiger charge is 2.13. The minimum absolute atomic E-state index is 0.129. The molecule has 0 radical (unpaired) electrons. The Morgan fingerprint density at radius 2 is 1.90 bits per heavy atom. The summed E-state index contributed by atoms with van der Waals surface area (Å²) in [4.78, 5) is 12.3. The number of nitrogen functional groups attached to an aromatic ring is 1. The van der Waals surface area contributed by atoms with Crippen molar-refractivity contribution in [2.24, 2.45) is 0 Å². The zero-order chi connectivity index (χ0) is 14.5. The molecule has 2 aromatic carbocycles. The molecule has 104 valence electrons. The topological polar surface area (TPSA) is 72.2 Å². The summed E-state index contributed by atoms with van der Waals surface area (Å²) < 4.78 is 12.9. The van der Waals surface area contributed by atoms with Crippen LogP contribution >= 0.6 is 15.9 Å². The zero-order valence-electron chi connectivity index (χ0n) is 10.5. The monoisotopic (exact) mass is 352 g/mol. The van der Waals surface area contributed by atoms with Crippen molar-refractivity contribution in [3.8, 4) is 0 Å². The van der Waals surface area contributed by atoms with Gasteiger partial charge in [0.05, 0.1) is 15.7 Å². The van der Waals surface area contributed by atoms with Gasteiger partial charge in [-0.2, -0.15) is 0 Å². The molecule has 0 saturated heterocycles. The van der Waals surface area contributed by atoms with Gasteiger partial charge in [0.25, 0.3) is 0 Å². The van der Waals surface area contributed by atoms with Crippen molar-refractivity contribution in [2.75, 3.05) is 16.8 Å². The quantitative estimate of drug-likeness (QED) is 0.831. The minimum atomic E-state index is -1.48. The molecule has 0 aliphatic carbocycles. The van der Waals surface area contributed by atoms with E-state index in [-0.39, 0.29) is 11.7 Å². The van der Waals surface area contributed by atoms with Crippen molar-refractivity contribution in [3.63, 3.8) is 0 Å². The summed E-state index contributed by atoms with van der Waals surface area (Å²) in [6.07, 6.45) is 0. The first-order chi connectivity index (χ1) is 9.56. The number of nitrogens with two attached hydrogens (primary N) is 1. The van der Waals surface area contributed by atoms with Crippen molar-refractivity contribution >= 4 is 44.0 Å². The van der Waals surface area contributed by atoms with Crippen LogP contribution in [-0.4, -0.2) is 15.9 Å². The van der Waals surface area contributed by atoms with E-state index >= 15 is 0 Å². The highest BCUT2D eigenvalue weighted by molar-refractivity contribution is 9.10. The third-order valence-electron chi connectivity index (χ3n) is 2.54. The Hall–Kier alpha value is -1.66. The molecule has 1 amide bonds. The van der Waals surface area contributed by atoms with E-state index in [4.69, 9.17) is 5.73 Å². The van der Waals surface area contributed by atoms with Gasteiger partial charge in [-0.3, -0.25) is 9.00 Å². The van der Waals surface area contributed by atoms with Crippen molar-refractivity contribution in [1.82, 2.24) is 0 Å². The maximum Gasteiger partial charge on any atom is 0.237 e. The van der Waals surface area contributed by atoms with E-state index in [1.165, 1.54) is 0 Å². The molecule has 1 atom stereocenters. The standard InChI is InChI=1S/C14H13BrN2O2S/c15-10-6-7-12(16)13(8-10)20(19)9-14(18)17-11-4-2-1-3-5-11/h1-8H,9,16H2,(H,17,18). The summed E-state index contributed by atoms with van der Waals surface area (Å²) in [7, 11) is -1.48. The minimum Gasteiger partial charge on any atom is -0.398 e. The summed E-state index contributed by atoms with van der Waals surface area (Å²) >= 11 is 3.29. The van der Waals surface area contributed by atoms with Crippen LogP contribution in [0.2, 0.25) is 0 Å². The number of hydrogen-bond donors (Lipinski definition) is 2. The molecular weight excluding hydrogens is 340 g/mol. The van der Waals surface area contributed by atoms with Gasteiger partial charge in [0.1, 0.15) is 5.75 Å². The number of halogens is 1. The Bertz CT molecular complexity index is 647. The molecule has 0 aliphatic heterocycles. The second-order valence-electron chi connectivity index (χ2n) is 4.09. The van der Waals surface area contributed by atoms with Gasteiger partial charge in [0.2, 0.25) is 5.91 Å². The van der Waals surface area contributed by atoms with Crippen LogP contribution in [0.1, 0.15) is 0 Å². The first kappa shape index (κ1) is 14.7. The molecule has 0 aromatic heterocycles. The lowest BCUT2D eigenvalue weighted by molar-refractivity contribution is -0.113. The molecule has 2 rings (SSSR count). The number of anilines is 2. The lowest BCUT2D eigenvalue weighted by Gasteiger charge is -2.07. The van der Waals surface area contributed by atoms with Crippen molar-refractivity contribution in [3.05, 3.63) is 53.0 Å². The first-order valence-corrected chi connectivity index (χ1v) is 7.96. The second-order valence-corrected chi connectivity index (χ2v) is 6.42. The lowest BCUT2D eigenvalue weighted by atomic mass is 10.3. The van der Waals surface area contributed by atoms with Crippen LogP contribution < -0.4 is 11.1 Å². The predicted octanol–water partition coefficient (Wildman–Crippen LogP) is 2.78. The molecule has 0 fully saturated rings. The van der Waals surface area contributed by atoms with Gasteiger partial charge >= 0.3 is 0 Å². The number of carbonyl (C=O) groups excluding carboxylic acids is 1. The Kier molecular flexibility index (Phi) is 4.92. The maximum atomic E-state index is 12.2. The Labute approximate surface area is 128 Å². The summed E-state index contributed by atoms with van der Waals surface area (Å²) in [5, 5.41) is 2.69. The largest absolute Gasteiger partial charge is 0.398 e. The van der Waals surface area contributed by atoms with E-state index in [0.717, 1.165) is 4.47 Å². The van der Waals surface area contributed by atoms with Crippen LogP contribution in [0.25, 0.3) is 0 Å². The number of rotatable bonds is 4. The Morgan fingerprint density at radius 1 is 1.20 bits per heavy atom. The summed E-state index contributed by atoms with van der Waals surface area (Å²) in [5.74, 6) is -0.441. The van der Waals surface area contributed by atoms with E-state index < -0.39 is 10.8 Å². The number of benzene rings is 2. The van der Waals surface area contributed by atoms with Crippen LogP contribution in [0.3, 0.4) is 0 Å². The number of carbonyl (C=O) groups is 1. The second kappa shape index (κ2) is 6.67. The molecule has 6 heteroatoms. The van der Waals surface area contributed by atoms with Crippen molar-refractivity contribution in [1.29, 1.82) is 0 Å². The zero-order valence-corrected chi connectivity index (χ0v) is 12.9. The highest BCUT2D eigenvalue weighted by Crippen LogP contribution is 2.22. The lowest BCUT2D eigenvalue weighted by Crippen LogP contribution is -2.20. The fraction of sp³-hybridized carbons (Fsp3) is 0.0714. The van der Waals surface area contributed by atoms with Gasteiger partial charge in [-0.05, 0) is 30.3 Å². The molecule has 3 N–H and O–H groups in total. The molecule has 20 heavy (non-hydrogen) atoms. The highest BCUT2D eigenvalue weighted by atomic mass is 79.9. The van der Waals surface area contributed by atoms with E-state index in [1.54, 1.807) is 30.3 Å². The SMILES string of the molecule is Nc1ccc(Br)cc1S(=O)CC(=O)Nc1ccccc1. The molecule has 0 bridgehead atoms. The number of hydrogen-bond acceptors (Lipinski definition) is 3. The van der Waals surface area contributed by atoms with E-state index in [9.17, 15) is 9.00 Å². The van der Waals surface area contributed by atoms with Gasteiger partial charge < -0.3 is 11.1 Å². The summed E-state index contributed by atoms with van der Waals surface area (Å²) in [6, 6.07) is 14.1. The number of nitrogens with one attached hydrogen (secondary N) is 1. The van der Waals surface area contributed by atoms with Gasteiger partial charge in [-0.25, -0.2) is 0 Å². The molecule has 0 spiro atoms. The van der Waals surface area contributed by atoms with Gasteiger partial charge in [-0.1, -0.05) is 34.1 Å². The molecular formula is C14H13BrN2O2S. The fourth-order valence-electron chi connectivity index (χ4n) is 1.62. The molecule has 1 unspecified atom stereocenters. The average Bonchev–Trinajstić information content (AvgIpc) is 2.42. The van der Waals surface area contributed by atoms with E-state index in [1.807, 2.05) is 18.2 Å². The van der Waals surface area contributed by atoms with Gasteiger partial charge in [0, 0.05) is 15.8 Å². The first-order valence-electron chi connectivity index (χ1n) is 5.84. The fourth-order valence-corrected chi connectivity index (χ4v) is 3.19. The molecule has 2 aromatic rings. The molecule has 4 nitrogen and oxygen atoms in total. The Morgan fingerprint density at radius 3 is 2.60 bits per heavy atom.